The molecule has 0 N–H and O–H groups in total. The van der Waals surface area contributed by atoms with E-state index in [0.29, 0.717) is 16.7 Å². The largest absolute Gasteiger partial charge is 0.467 e. The molecule has 0 saturated heterocycles. The third kappa shape index (κ3) is 4.23. The molecule has 0 aliphatic carbocycles. The molecule has 170 valence electrons. The summed E-state index contributed by atoms with van der Waals surface area (Å²) in [5.74, 6) is 0.322. The molecule has 2 heterocycles. The van der Waals surface area contributed by atoms with Gasteiger partial charge in [-0.15, -0.1) is 0 Å². The molecule has 7 nitrogen and oxygen atoms in total. The fraction of sp³-hybridized carbons (Fsp3) is 0.280. The van der Waals surface area contributed by atoms with Crippen molar-refractivity contribution in [1.29, 1.82) is 0 Å². The van der Waals surface area contributed by atoms with Crippen LogP contribution in [0.5, 0.6) is 0 Å². The molecule has 0 bridgehead atoms. The van der Waals surface area contributed by atoms with Gasteiger partial charge in [0.2, 0.25) is 0 Å². The Labute approximate surface area is 199 Å². The Balaban J connectivity index is 1.89. The van der Waals surface area contributed by atoms with Crippen molar-refractivity contribution < 1.29 is 9.53 Å². The fourth-order valence-corrected chi connectivity index (χ4v) is 4.20. The van der Waals surface area contributed by atoms with Crippen molar-refractivity contribution >= 4 is 49.9 Å². The molecule has 0 aliphatic rings. The summed E-state index contributed by atoms with van der Waals surface area (Å²) in [6.45, 7) is 5.87. The quantitative estimate of drug-likeness (QED) is 0.263. The number of para-hydroxylation sites is 1. The molecule has 8 heteroatoms. The highest BCUT2D eigenvalue weighted by atomic mass is 79.9. The minimum absolute atomic E-state index is 0.0450. The standard InChI is InChI=1S/C25H25BrN4O3/c1-5-15(2)23-28-21-11-10-18(26)12-20(21)24(31)30(23)27-13-17-14-29(16(3)25(32)33-4)22-9-7-6-8-19(17)22/h6-16H,5H2,1-4H3/t15-,16-/m1/s1. The van der Waals surface area contributed by atoms with E-state index in [1.807, 2.05) is 54.1 Å². The zero-order valence-corrected chi connectivity index (χ0v) is 20.5. The smallest absolute Gasteiger partial charge is 0.328 e. The molecule has 2 aromatic heterocycles. The SMILES string of the molecule is CC[C@@H](C)c1nc2ccc(Br)cc2c(=O)n1N=Cc1cn([C@H](C)C(=O)OC)c2ccccc12. The van der Waals surface area contributed by atoms with Crippen LogP contribution in [-0.4, -0.2) is 33.5 Å². The van der Waals surface area contributed by atoms with Crippen molar-refractivity contribution in [2.45, 2.75) is 39.2 Å². The first-order valence-corrected chi connectivity index (χ1v) is 11.6. The van der Waals surface area contributed by atoms with Gasteiger partial charge in [0.1, 0.15) is 11.9 Å². The van der Waals surface area contributed by atoms with E-state index in [1.54, 1.807) is 19.2 Å². The average molecular weight is 509 g/mol. The Morgan fingerprint density at radius 3 is 2.70 bits per heavy atom. The number of benzene rings is 2. The second-order valence-corrected chi connectivity index (χ2v) is 8.93. The second kappa shape index (κ2) is 9.31. The lowest BCUT2D eigenvalue weighted by Crippen LogP contribution is -2.23. The van der Waals surface area contributed by atoms with E-state index in [2.05, 4.69) is 28.0 Å². The van der Waals surface area contributed by atoms with Gasteiger partial charge in [-0.2, -0.15) is 9.78 Å². The number of nitrogens with zero attached hydrogens (tertiary/aromatic N) is 4. The lowest BCUT2D eigenvalue weighted by Gasteiger charge is -2.13. The van der Waals surface area contributed by atoms with Crippen molar-refractivity contribution in [2.75, 3.05) is 7.11 Å². The van der Waals surface area contributed by atoms with E-state index in [1.165, 1.54) is 11.8 Å². The van der Waals surface area contributed by atoms with Crippen molar-refractivity contribution in [3.05, 3.63) is 74.9 Å². The number of carbonyl (C=O) groups is 1. The van der Waals surface area contributed by atoms with Gasteiger partial charge in [-0.25, -0.2) is 9.78 Å². The van der Waals surface area contributed by atoms with Gasteiger partial charge in [0.15, 0.2) is 0 Å². The van der Waals surface area contributed by atoms with E-state index < -0.39 is 6.04 Å². The van der Waals surface area contributed by atoms with Gasteiger partial charge in [-0.3, -0.25) is 4.79 Å². The molecule has 2 aromatic carbocycles. The molecule has 33 heavy (non-hydrogen) atoms. The van der Waals surface area contributed by atoms with E-state index in [0.717, 1.165) is 27.4 Å². The number of halogens is 1. The van der Waals surface area contributed by atoms with Crippen molar-refractivity contribution in [3.8, 4) is 0 Å². The topological polar surface area (TPSA) is 78.5 Å². The highest BCUT2D eigenvalue weighted by Crippen LogP contribution is 2.25. The zero-order valence-electron chi connectivity index (χ0n) is 18.9. The summed E-state index contributed by atoms with van der Waals surface area (Å²) in [7, 11) is 1.38. The highest BCUT2D eigenvalue weighted by molar-refractivity contribution is 9.10. The van der Waals surface area contributed by atoms with Gasteiger partial charge in [-0.1, -0.05) is 48.0 Å². The molecule has 0 amide bonds. The number of hydrogen-bond donors (Lipinski definition) is 0. The van der Waals surface area contributed by atoms with E-state index in [9.17, 15) is 9.59 Å². The zero-order chi connectivity index (χ0) is 23.7. The van der Waals surface area contributed by atoms with Gasteiger partial charge in [0.25, 0.3) is 5.56 Å². The number of hydrogen-bond acceptors (Lipinski definition) is 5. The summed E-state index contributed by atoms with van der Waals surface area (Å²) in [5, 5.41) is 6.00. The number of carbonyl (C=O) groups excluding carboxylic acids is 1. The van der Waals surface area contributed by atoms with Crippen LogP contribution in [0.15, 0.2) is 63.0 Å². The van der Waals surface area contributed by atoms with Gasteiger partial charge < -0.3 is 9.30 Å². The summed E-state index contributed by atoms with van der Waals surface area (Å²) in [5.41, 5.74) is 2.09. The number of fused-ring (bicyclic) bond motifs is 2. The molecule has 0 radical (unpaired) electrons. The van der Waals surface area contributed by atoms with Crippen LogP contribution >= 0.6 is 15.9 Å². The molecule has 0 spiro atoms. The van der Waals surface area contributed by atoms with Crippen LogP contribution in [0.4, 0.5) is 0 Å². The molecular weight excluding hydrogens is 484 g/mol. The predicted octanol–water partition coefficient (Wildman–Crippen LogP) is 5.24. The van der Waals surface area contributed by atoms with Crippen molar-refractivity contribution in [1.82, 2.24) is 14.2 Å². The maximum Gasteiger partial charge on any atom is 0.328 e. The summed E-state index contributed by atoms with van der Waals surface area (Å²) < 4.78 is 8.98. The maximum atomic E-state index is 13.4. The molecule has 2 atom stereocenters. The second-order valence-electron chi connectivity index (χ2n) is 8.01. The molecule has 0 fully saturated rings. The van der Waals surface area contributed by atoms with Crippen molar-refractivity contribution in [2.24, 2.45) is 5.10 Å². The van der Waals surface area contributed by atoms with Crippen LogP contribution in [0.3, 0.4) is 0 Å². The monoisotopic (exact) mass is 508 g/mol. The Kier molecular flexibility index (Phi) is 6.47. The summed E-state index contributed by atoms with van der Waals surface area (Å²) in [6.07, 6.45) is 4.33. The van der Waals surface area contributed by atoms with E-state index in [4.69, 9.17) is 9.72 Å². The van der Waals surface area contributed by atoms with Crippen LogP contribution in [0.2, 0.25) is 0 Å². The van der Waals surface area contributed by atoms with Gasteiger partial charge in [-0.05, 0) is 37.6 Å². The fourth-order valence-electron chi connectivity index (χ4n) is 3.84. The third-order valence-electron chi connectivity index (χ3n) is 5.93. The van der Waals surface area contributed by atoms with Crippen LogP contribution in [0.25, 0.3) is 21.8 Å². The van der Waals surface area contributed by atoms with Crippen LogP contribution in [-0.2, 0) is 9.53 Å². The highest BCUT2D eigenvalue weighted by Gasteiger charge is 2.19. The van der Waals surface area contributed by atoms with Gasteiger partial charge in [0, 0.05) is 33.1 Å². The number of ether oxygens (including phenoxy) is 1. The first-order valence-electron chi connectivity index (χ1n) is 10.8. The summed E-state index contributed by atoms with van der Waals surface area (Å²) >= 11 is 3.43. The molecule has 4 aromatic rings. The molecule has 0 saturated carbocycles. The molecular formula is C25H25BrN4O3. The van der Waals surface area contributed by atoms with E-state index >= 15 is 0 Å². The Bertz CT molecular complexity index is 1440. The van der Waals surface area contributed by atoms with E-state index in [-0.39, 0.29) is 17.4 Å². The number of esters is 1. The number of methoxy groups -OCH3 is 1. The van der Waals surface area contributed by atoms with Crippen LogP contribution in [0, 0.1) is 0 Å². The first-order chi connectivity index (χ1) is 15.8. The Morgan fingerprint density at radius 1 is 1.21 bits per heavy atom. The molecule has 0 aliphatic heterocycles. The normalized spacial score (nSPS) is 13.6. The first kappa shape index (κ1) is 22.9. The summed E-state index contributed by atoms with van der Waals surface area (Å²) in [6, 6.07) is 12.7. The lowest BCUT2D eigenvalue weighted by molar-refractivity contribution is -0.143. The van der Waals surface area contributed by atoms with Gasteiger partial charge in [0.05, 0.1) is 24.2 Å². The van der Waals surface area contributed by atoms with Crippen LogP contribution < -0.4 is 5.56 Å². The predicted molar refractivity (Wildman–Crippen MR) is 134 cm³/mol. The third-order valence-corrected chi connectivity index (χ3v) is 6.42. The van der Waals surface area contributed by atoms with Crippen molar-refractivity contribution in [3.63, 3.8) is 0 Å². The number of aromatic nitrogens is 3. The van der Waals surface area contributed by atoms with Crippen LogP contribution in [0.1, 0.15) is 50.5 Å². The van der Waals surface area contributed by atoms with Gasteiger partial charge >= 0.3 is 5.97 Å². The minimum Gasteiger partial charge on any atom is -0.467 e. The number of rotatable bonds is 6. The minimum atomic E-state index is -0.500. The molecule has 0 unspecified atom stereocenters. The lowest BCUT2D eigenvalue weighted by atomic mass is 10.1. The Hall–Kier alpha value is -3.26. The average Bonchev–Trinajstić information content (AvgIpc) is 3.20. The maximum absolute atomic E-state index is 13.4. The summed E-state index contributed by atoms with van der Waals surface area (Å²) in [4.78, 5) is 30.3. The molecule has 4 rings (SSSR count). The Morgan fingerprint density at radius 2 is 1.97 bits per heavy atom.